The van der Waals surface area contributed by atoms with Gasteiger partial charge in [-0.3, -0.25) is 0 Å². The Labute approximate surface area is 123 Å². The van der Waals surface area contributed by atoms with Gasteiger partial charge in [0.15, 0.2) is 0 Å². The smallest absolute Gasteiger partial charge is 0.132 e. The molecule has 19 heavy (non-hydrogen) atoms. The molecule has 0 radical (unpaired) electrons. The number of halogens is 1. The number of hydrogen-bond donors (Lipinski definition) is 2. The van der Waals surface area contributed by atoms with Crippen LogP contribution in [-0.4, -0.2) is 28.2 Å². The molecule has 1 aliphatic carbocycles. The summed E-state index contributed by atoms with van der Waals surface area (Å²) in [6, 6.07) is 1.92. The summed E-state index contributed by atoms with van der Waals surface area (Å²) in [5, 5.41) is 12.7. The predicted octanol–water partition coefficient (Wildman–Crippen LogP) is 3.01. The van der Waals surface area contributed by atoms with E-state index in [0.717, 1.165) is 42.1 Å². The van der Waals surface area contributed by atoms with E-state index in [-0.39, 0.29) is 0 Å². The summed E-state index contributed by atoms with van der Waals surface area (Å²) in [7, 11) is 0. The normalized spacial score (nSPS) is 22.7. The van der Waals surface area contributed by atoms with Crippen LogP contribution in [0, 0.1) is 11.8 Å². The Kier molecular flexibility index (Phi) is 5.58. The third kappa shape index (κ3) is 4.14. The molecule has 1 aliphatic rings. The van der Waals surface area contributed by atoms with Crippen molar-refractivity contribution in [2.24, 2.45) is 11.8 Å². The summed E-state index contributed by atoms with van der Waals surface area (Å²) in [6.45, 7) is 3.32. The summed E-state index contributed by atoms with van der Waals surface area (Å²) in [6.07, 6.45) is 5.53. The monoisotopic (exact) mass is 327 g/mol. The van der Waals surface area contributed by atoms with Crippen molar-refractivity contribution in [3.63, 3.8) is 0 Å². The van der Waals surface area contributed by atoms with E-state index in [1.807, 2.05) is 6.07 Å². The first-order valence-electron chi connectivity index (χ1n) is 7.11. The Morgan fingerprint density at radius 3 is 2.89 bits per heavy atom. The minimum atomic E-state index is 0.306. The van der Waals surface area contributed by atoms with E-state index >= 15 is 0 Å². The topological polar surface area (TPSA) is 58.0 Å². The van der Waals surface area contributed by atoms with Gasteiger partial charge >= 0.3 is 0 Å². The van der Waals surface area contributed by atoms with Crippen molar-refractivity contribution >= 4 is 21.7 Å². The fraction of sp³-hybridized carbons (Fsp3) is 0.714. The molecule has 0 aromatic carbocycles. The number of aromatic nitrogens is 2. The molecule has 106 valence electrons. The fourth-order valence-corrected chi connectivity index (χ4v) is 3.17. The number of aliphatic hydroxyl groups is 1. The van der Waals surface area contributed by atoms with Crippen molar-refractivity contribution in [3.8, 4) is 0 Å². The van der Waals surface area contributed by atoms with Crippen LogP contribution in [0.2, 0.25) is 0 Å². The van der Waals surface area contributed by atoms with Crippen molar-refractivity contribution < 1.29 is 5.11 Å². The molecule has 0 aliphatic heterocycles. The van der Waals surface area contributed by atoms with Crippen LogP contribution in [-0.2, 0) is 6.42 Å². The standard InChI is InChI=1S/C14H22BrN3O/c1-2-4-13-17-12(15)7-14(18-13)16-8-10-5-3-6-11(10)9-19/h7,10-11,19H,2-6,8-9H2,1H3,(H,16,17,18). The number of nitrogens with one attached hydrogen (secondary N) is 1. The zero-order chi connectivity index (χ0) is 13.7. The molecule has 2 atom stereocenters. The SMILES string of the molecule is CCCc1nc(Br)cc(NCC2CCCC2CO)n1. The number of nitrogens with zero attached hydrogens (tertiary/aromatic N) is 2. The van der Waals surface area contributed by atoms with Crippen LogP contribution in [0.5, 0.6) is 0 Å². The highest BCUT2D eigenvalue weighted by Gasteiger charge is 2.26. The van der Waals surface area contributed by atoms with Crippen molar-refractivity contribution in [3.05, 3.63) is 16.5 Å². The quantitative estimate of drug-likeness (QED) is 0.788. The fourth-order valence-electron chi connectivity index (χ4n) is 2.75. The molecule has 1 heterocycles. The second-order valence-corrected chi connectivity index (χ2v) is 6.07. The lowest BCUT2D eigenvalue weighted by molar-refractivity contribution is 0.199. The third-order valence-electron chi connectivity index (χ3n) is 3.81. The first-order chi connectivity index (χ1) is 9.22. The maximum Gasteiger partial charge on any atom is 0.132 e. The van der Waals surface area contributed by atoms with Crippen LogP contribution in [0.3, 0.4) is 0 Å². The molecule has 0 bridgehead atoms. The number of aliphatic hydroxyl groups excluding tert-OH is 1. The molecule has 1 fully saturated rings. The highest BCUT2D eigenvalue weighted by Crippen LogP contribution is 2.31. The molecular formula is C14H22BrN3O. The Hall–Kier alpha value is -0.680. The Bertz CT molecular complexity index is 414. The molecule has 0 saturated heterocycles. The average Bonchev–Trinajstić information content (AvgIpc) is 2.83. The lowest BCUT2D eigenvalue weighted by Gasteiger charge is -2.18. The van der Waals surface area contributed by atoms with Crippen LogP contribution in [0.1, 0.15) is 38.4 Å². The minimum Gasteiger partial charge on any atom is -0.396 e. The molecule has 2 unspecified atom stereocenters. The molecule has 2 rings (SSSR count). The van der Waals surface area contributed by atoms with Gasteiger partial charge in [-0.25, -0.2) is 9.97 Å². The van der Waals surface area contributed by atoms with Gasteiger partial charge in [-0.2, -0.15) is 0 Å². The summed E-state index contributed by atoms with van der Waals surface area (Å²) >= 11 is 3.43. The maximum atomic E-state index is 9.33. The second-order valence-electron chi connectivity index (χ2n) is 5.26. The van der Waals surface area contributed by atoms with E-state index in [1.165, 1.54) is 12.8 Å². The zero-order valence-electron chi connectivity index (χ0n) is 11.4. The van der Waals surface area contributed by atoms with E-state index in [0.29, 0.717) is 18.4 Å². The second kappa shape index (κ2) is 7.20. The summed E-state index contributed by atoms with van der Waals surface area (Å²) in [4.78, 5) is 8.88. The van der Waals surface area contributed by atoms with Crippen molar-refractivity contribution in [2.75, 3.05) is 18.5 Å². The summed E-state index contributed by atoms with van der Waals surface area (Å²) in [5.41, 5.74) is 0. The van der Waals surface area contributed by atoms with E-state index in [4.69, 9.17) is 0 Å². The van der Waals surface area contributed by atoms with E-state index in [9.17, 15) is 5.11 Å². The molecule has 5 heteroatoms. The number of anilines is 1. The molecular weight excluding hydrogens is 306 g/mol. The molecule has 0 spiro atoms. The van der Waals surface area contributed by atoms with Crippen LogP contribution in [0.15, 0.2) is 10.7 Å². The highest BCUT2D eigenvalue weighted by atomic mass is 79.9. The van der Waals surface area contributed by atoms with Crippen molar-refractivity contribution in [1.82, 2.24) is 9.97 Å². The van der Waals surface area contributed by atoms with E-state index < -0.39 is 0 Å². The van der Waals surface area contributed by atoms with Crippen LogP contribution in [0.25, 0.3) is 0 Å². The van der Waals surface area contributed by atoms with Gasteiger partial charge < -0.3 is 10.4 Å². The highest BCUT2D eigenvalue weighted by molar-refractivity contribution is 9.10. The van der Waals surface area contributed by atoms with Crippen LogP contribution >= 0.6 is 15.9 Å². The van der Waals surface area contributed by atoms with E-state index in [1.54, 1.807) is 0 Å². The largest absolute Gasteiger partial charge is 0.396 e. The minimum absolute atomic E-state index is 0.306. The third-order valence-corrected chi connectivity index (χ3v) is 4.22. The Morgan fingerprint density at radius 1 is 1.37 bits per heavy atom. The van der Waals surface area contributed by atoms with Crippen molar-refractivity contribution in [1.29, 1.82) is 0 Å². The Balaban J connectivity index is 1.95. The number of hydrogen-bond acceptors (Lipinski definition) is 4. The first kappa shape index (κ1) is 14.7. The number of aryl methyl sites for hydroxylation is 1. The van der Waals surface area contributed by atoms with Gasteiger partial charge in [-0.15, -0.1) is 0 Å². The molecule has 1 aromatic heterocycles. The van der Waals surface area contributed by atoms with Gasteiger partial charge in [0, 0.05) is 25.6 Å². The van der Waals surface area contributed by atoms with Crippen molar-refractivity contribution in [2.45, 2.75) is 39.0 Å². The zero-order valence-corrected chi connectivity index (χ0v) is 13.0. The molecule has 2 N–H and O–H groups in total. The van der Waals surface area contributed by atoms with Gasteiger partial charge in [0.2, 0.25) is 0 Å². The lowest BCUT2D eigenvalue weighted by atomic mass is 9.97. The predicted molar refractivity (Wildman–Crippen MR) is 80.1 cm³/mol. The molecule has 4 nitrogen and oxygen atoms in total. The maximum absolute atomic E-state index is 9.33. The molecule has 1 aromatic rings. The van der Waals surface area contributed by atoms with Gasteiger partial charge in [0.1, 0.15) is 16.2 Å². The number of rotatable bonds is 6. The van der Waals surface area contributed by atoms with Crippen LogP contribution < -0.4 is 5.32 Å². The first-order valence-corrected chi connectivity index (χ1v) is 7.90. The average molecular weight is 328 g/mol. The van der Waals surface area contributed by atoms with Gasteiger partial charge in [-0.1, -0.05) is 13.3 Å². The Morgan fingerprint density at radius 2 is 2.16 bits per heavy atom. The molecule has 0 amide bonds. The van der Waals surface area contributed by atoms with Gasteiger partial charge in [0.25, 0.3) is 0 Å². The van der Waals surface area contributed by atoms with Crippen LogP contribution in [0.4, 0.5) is 5.82 Å². The summed E-state index contributed by atoms with van der Waals surface area (Å²) in [5.74, 6) is 2.78. The molecule has 1 saturated carbocycles. The summed E-state index contributed by atoms with van der Waals surface area (Å²) < 4.78 is 0.832. The lowest BCUT2D eigenvalue weighted by Crippen LogP contribution is -2.21. The van der Waals surface area contributed by atoms with Gasteiger partial charge in [0.05, 0.1) is 0 Å². The van der Waals surface area contributed by atoms with E-state index in [2.05, 4.69) is 38.1 Å². The van der Waals surface area contributed by atoms with Gasteiger partial charge in [-0.05, 0) is 47.0 Å².